The van der Waals surface area contributed by atoms with Gasteiger partial charge in [-0.15, -0.1) is 0 Å². The fraction of sp³-hybridized carbons (Fsp3) is 0.125. The number of amides is 1. The number of alkyl halides is 3. The van der Waals surface area contributed by atoms with Crippen molar-refractivity contribution in [3.63, 3.8) is 0 Å². The first-order valence-electron chi connectivity index (χ1n) is 9.46. The first-order valence-corrected chi connectivity index (χ1v) is 9.84. The summed E-state index contributed by atoms with van der Waals surface area (Å²) in [6.07, 6.45) is -1.73. The molecule has 0 aliphatic rings. The van der Waals surface area contributed by atoms with Gasteiger partial charge in [0.2, 0.25) is 5.91 Å². The Labute approximate surface area is 188 Å². The number of carbonyl (C=O) groups excluding carboxylic acids is 1. The average molecular weight is 462 g/mol. The van der Waals surface area contributed by atoms with Crippen LogP contribution in [0.1, 0.15) is 16.7 Å². The van der Waals surface area contributed by atoms with Crippen LogP contribution >= 0.6 is 11.6 Å². The Hall–Kier alpha value is -3.45. The molecule has 3 rings (SSSR count). The molecule has 3 aromatic carbocycles. The van der Waals surface area contributed by atoms with Crippen LogP contribution in [0.2, 0.25) is 5.02 Å². The first-order chi connectivity index (χ1) is 15.2. The van der Waals surface area contributed by atoms with Crippen LogP contribution in [-0.4, -0.2) is 13.0 Å². The van der Waals surface area contributed by atoms with Crippen molar-refractivity contribution in [3.05, 3.63) is 94.5 Å². The summed E-state index contributed by atoms with van der Waals surface area (Å²) >= 11 is 5.88. The maximum Gasteiger partial charge on any atom is 0.416 e. The van der Waals surface area contributed by atoms with Crippen molar-refractivity contribution < 1.29 is 27.4 Å². The van der Waals surface area contributed by atoms with Crippen LogP contribution in [-0.2, 0) is 17.6 Å². The summed E-state index contributed by atoms with van der Waals surface area (Å²) in [5.41, 5.74) is 0.808. The molecule has 1 N–H and O–H groups in total. The van der Waals surface area contributed by atoms with E-state index in [1.54, 1.807) is 30.3 Å². The maximum absolute atomic E-state index is 12.8. The van der Waals surface area contributed by atoms with Crippen LogP contribution in [0.4, 0.5) is 18.9 Å². The number of ether oxygens (including phenoxy) is 2. The van der Waals surface area contributed by atoms with Gasteiger partial charge in [0.05, 0.1) is 12.7 Å². The Morgan fingerprint density at radius 3 is 2.47 bits per heavy atom. The normalized spacial score (nSPS) is 11.4. The molecule has 3 aromatic rings. The molecular formula is C24H19ClF3NO3. The number of halogens is 4. The molecule has 0 spiro atoms. The molecule has 0 aliphatic heterocycles. The number of carbonyl (C=O) groups is 1. The van der Waals surface area contributed by atoms with E-state index in [1.165, 1.54) is 31.4 Å². The topological polar surface area (TPSA) is 47.6 Å². The molecule has 0 fully saturated rings. The molecule has 0 heterocycles. The lowest BCUT2D eigenvalue weighted by Crippen LogP contribution is -2.10. The van der Waals surface area contributed by atoms with E-state index in [4.69, 9.17) is 21.1 Å². The highest BCUT2D eigenvalue weighted by Gasteiger charge is 2.30. The summed E-state index contributed by atoms with van der Waals surface area (Å²) in [6.45, 7) is 0.322. The fourth-order valence-electron chi connectivity index (χ4n) is 2.78. The summed E-state index contributed by atoms with van der Waals surface area (Å²) in [6, 6.07) is 16.8. The quantitative estimate of drug-likeness (QED) is 0.403. The zero-order valence-electron chi connectivity index (χ0n) is 16.9. The predicted molar refractivity (Wildman–Crippen MR) is 118 cm³/mol. The summed E-state index contributed by atoms with van der Waals surface area (Å²) in [5, 5.41) is 3.05. The third kappa shape index (κ3) is 6.52. The third-order valence-electron chi connectivity index (χ3n) is 4.38. The van der Waals surface area contributed by atoms with Crippen molar-refractivity contribution in [2.45, 2.75) is 12.8 Å². The summed E-state index contributed by atoms with van der Waals surface area (Å²) < 4.78 is 49.5. The van der Waals surface area contributed by atoms with Crippen molar-refractivity contribution in [1.82, 2.24) is 0 Å². The van der Waals surface area contributed by atoms with Crippen molar-refractivity contribution in [1.29, 1.82) is 0 Å². The molecule has 4 nitrogen and oxygen atoms in total. The molecule has 0 atom stereocenters. The summed E-state index contributed by atoms with van der Waals surface area (Å²) in [5.74, 6) is 0.429. The van der Waals surface area contributed by atoms with Gasteiger partial charge in [-0.3, -0.25) is 4.79 Å². The molecule has 32 heavy (non-hydrogen) atoms. The van der Waals surface area contributed by atoms with E-state index in [-0.39, 0.29) is 5.69 Å². The van der Waals surface area contributed by atoms with E-state index in [0.29, 0.717) is 28.7 Å². The van der Waals surface area contributed by atoms with Gasteiger partial charge in [0.15, 0.2) is 11.5 Å². The summed E-state index contributed by atoms with van der Waals surface area (Å²) in [4.78, 5) is 12.1. The van der Waals surface area contributed by atoms with Gasteiger partial charge in [-0.2, -0.15) is 13.2 Å². The SMILES string of the molecule is COc1cc(/C=C/C(=O)Nc2cccc(C(F)(F)F)c2)ccc1OCc1ccc(Cl)cc1. The van der Waals surface area contributed by atoms with E-state index < -0.39 is 17.6 Å². The van der Waals surface area contributed by atoms with Crippen molar-refractivity contribution in [3.8, 4) is 11.5 Å². The molecule has 0 radical (unpaired) electrons. The lowest BCUT2D eigenvalue weighted by molar-refractivity contribution is -0.137. The van der Waals surface area contributed by atoms with E-state index >= 15 is 0 Å². The van der Waals surface area contributed by atoms with Gasteiger partial charge in [0.25, 0.3) is 0 Å². The van der Waals surface area contributed by atoms with Gasteiger partial charge in [-0.1, -0.05) is 35.9 Å². The Kier molecular flexibility index (Phi) is 7.43. The van der Waals surface area contributed by atoms with Gasteiger partial charge >= 0.3 is 6.18 Å². The van der Waals surface area contributed by atoms with Crippen LogP contribution in [0.25, 0.3) is 6.08 Å². The average Bonchev–Trinajstić information content (AvgIpc) is 2.77. The lowest BCUT2D eigenvalue weighted by atomic mass is 10.1. The van der Waals surface area contributed by atoms with E-state index in [9.17, 15) is 18.0 Å². The largest absolute Gasteiger partial charge is 0.493 e. The van der Waals surface area contributed by atoms with Crippen LogP contribution in [0.3, 0.4) is 0 Å². The Morgan fingerprint density at radius 1 is 1.03 bits per heavy atom. The van der Waals surface area contributed by atoms with E-state index in [1.807, 2.05) is 12.1 Å². The molecule has 0 aliphatic carbocycles. The van der Waals surface area contributed by atoms with Gasteiger partial charge < -0.3 is 14.8 Å². The predicted octanol–water partition coefficient (Wildman–Crippen LogP) is 6.60. The minimum Gasteiger partial charge on any atom is -0.493 e. The van der Waals surface area contributed by atoms with Gasteiger partial charge in [0.1, 0.15) is 6.61 Å². The highest BCUT2D eigenvalue weighted by Crippen LogP contribution is 2.31. The first kappa shape index (κ1) is 23.2. The highest BCUT2D eigenvalue weighted by atomic mass is 35.5. The van der Waals surface area contributed by atoms with Crippen LogP contribution in [0.5, 0.6) is 11.5 Å². The number of anilines is 1. The molecule has 166 valence electrons. The smallest absolute Gasteiger partial charge is 0.416 e. The van der Waals surface area contributed by atoms with Crippen molar-refractivity contribution in [2.24, 2.45) is 0 Å². The van der Waals surface area contributed by atoms with Gasteiger partial charge in [0, 0.05) is 16.8 Å². The number of benzene rings is 3. The molecule has 0 aromatic heterocycles. The lowest BCUT2D eigenvalue weighted by Gasteiger charge is -2.11. The monoisotopic (exact) mass is 461 g/mol. The minimum absolute atomic E-state index is 0.0537. The molecule has 0 unspecified atom stereocenters. The third-order valence-corrected chi connectivity index (χ3v) is 4.63. The standard InChI is InChI=1S/C24H19ClF3NO3/c1-31-22-13-16(7-11-21(22)32-15-17-5-9-19(25)10-6-17)8-12-23(30)29-20-4-2-3-18(14-20)24(26,27)28/h2-14H,15H2,1H3,(H,29,30)/b12-8+. The second-order valence-electron chi connectivity index (χ2n) is 6.73. The zero-order chi connectivity index (χ0) is 23.1. The Morgan fingerprint density at radius 2 is 1.78 bits per heavy atom. The van der Waals surface area contributed by atoms with Crippen LogP contribution < -0.4 is 14.8 Å². The summed E-state index contributed by atoms with van der Waals surface area (Å²) in [7, 11) is 1.50. The zero-order valence-corrected chi connectivity index (χ0v) is 17.7. The maximum atomic E-state index is 12.8. The second-order valence-corrected chi connectivity index (χ2v) is 7.16. The number of hydrogen-bond acceptors (Lipinski definition) is 3. The Bertz CT molecular complexity index is 1110. The fourth-order valence-corrected chi connectivity index (χ4v) is 2.90. The van der Waals surface area contributed by atoms with Crippen molar-refractivity contribution >= 4 is 29.3 Å². The van der Waals surface area contributed by atoms with Crippen molar-refractivity contribution in [2.75, 3.05) is 12.4 Å². The number of methoxy groups -OCH3 is 1. The highest BCUT2D eigenvalue weighted by molar-refractivity contribution is 6.30. The second kappa shape index (κ2) is 10.2. The molecule has 0 bridgehead atoms. The van der Waals surface area contributed by atoms with E-state index in [2.05, 4.69) is 5.32 Å². The molecule has 1 amide bonds. The van der Waals surface area contributed by atoms with Crippen LogP contribution in [0, 0.1) is 0 Å². The number of nitrogens with one attached hydrogen (secondary N) is 1. The van der Waals surface area contributed by atoms with E-state index in [0.717, 1.165) is 17.7 Å². The number of hydrogen-bond donors (Lipinski definition) is 1. The molecular weight excluding hydrogens is 443 g/mol. The van der Waals surface area contributed by atoms with Crippen LogP contribution in [0.15, 0.2) is 72.8 Å². The number of rotatable bonds is 7. The van der Waals surface area contributed by atoms with Gasteiger partial charge in [-0.25, -0.2) is 0 Å². The molecule has 0 saturated carbocycles. The molecule has 0 saturated heterocycles. The Balaban J connectivity index is 1.64. The van der Waals surface area contributed by atoms with Gasteiger partial charge in [-0.05, 0) is 59.7 Å². The molecule has 8 heteroatoms. The minimum atomic E-state index is -4.48.